The Balaban J connectivity index is 1.77. The maximum absolute atomic E-state index is 5.66. The van der Waals surface area contributed by atoms with Gasteiger partial charge in [0.2, 0.25) is 0 Å². The van der Waals surface area contributed by atoms with E-state index in [1.807, 2.05) is 0 Å². The number of para-hydroxylation sites is 1. The van der Waals surface area contributed by atoms with Crippen LogP contribution in [0.3, 0.4) is 0 Å². The lowest BCUT2D eigenvalue weighted by molar-refractivity contribution is 0.199. The van der Waals surface area contributed by atoms with E-state index in [2.05, 4.69) is 35.7 Å². The Labute approximate surface area is 109 Å². The molecule has 0 amide bonds. The van der Waals surface area contributed by atoms with E-state index >= 15 is 0 Å². The molecule has 0 fully saturated rings. The van der Waals surface area contributed by atoms with E-state index in [0.29, 0.717) is 0 Å². The Hall–Kier alpha value is -1.32. The summed E-state index contributed by atoms with van der Waals surface area (Å²) in [5, 5.41) is 3.32. The summed E-state index contributed by atoms with van der Waals surface area (Å²) in [5.74, 6) is 1.07. The molecule has 0 aliphatic carbocycles. The molecular weight excluding hydrogens is 226 g/mol. The summed E-state index contributed by atoms with van der Waals surface area (Å²) in [6, 6.07) is 6.36. The van der Waals surface area contributed by atoms with Gasteiger partial charge in [-0.05, 0) is 18.5 Å². The lowest BCUT2D eigenvalue weighted by Gasteiger charge is -2.03. The molecule has 0 saturated heterocycles. The van der Waals surface area contributed by atoms with Gasteiger partial charge >= 0.3 is 0 Å². The fraction of sp³-hybridized carbons (Fsp3) is 0.467. The molecule has 0 unspecified atom stereocenters. The first kappa shape index (κ1) is 13.1. The molecule has 0 radical (unpaired) electrons. The van der Waals surface area contributed by atoms with E-state index < -0.39 is 0 Å². The van der Waals surface area contributed by atoms with Gasteiger partial charge in [-0.15, -0.1) is 0 Å². The van der Waals surface area contributed by atoms with Gasteiger partial charge in [-0.3, -0.25) is 0 Å². The van der Waals surface area contributed by atoms with E-state index in [9.17, 15) is 0 Å². The van der Waals surface area contributed by atoms with Crippen LogP contribution in [0.25, 0.3) is 6.08 Å². The summed E-state index contributed by atoms with van der Waals surface area (Å²) < 4.78 is 10.6. The molecule has 0 atom stereocenters. The predicted octanol–water partition coefficient (Wildman–Crippen LogP) is 2.26. The molecule has 1 aliphatic rings. The number of methoxy groups -OCH3 is 1. The maximum Gasteiger partial charge on any atom is 0.129 e. The lowest BCUT2D eigenvalue weighted by Crippen LogP contribution is -2.19. The van der Waals surface area contributed by atoms with E-state index in [4.69, 9.17) is 9.47 Å². The monoisotopic (exact) mass is 247 g/mol. The van der Waals surface area contributed by atoms with Crippen LogP contribution in [-0.2, 0) is 11.2 Å². The van der Waals surface area contributed by atoms with Crippen LogP contribution >= 0.6 is 0 Å². The second-order valence-corrected chi connectivity index (χ2v) is 4.37. The number of fused-ring (bicyclic) bond motifs is 1. The topological polar surface area (TPSA) is 30.5 Å². The minimum atomic E-state index is 0.768. The first-order valence-electron chi connectivity index (χ1n) is 6.52. The average molecular weight is 247 g/mol. The van der Waals surface area contributed by atoms with Crippen LogP contribution < -0.4 is 10.1 Å². The Morgan fingerprint density at radius 3 is 3.22 bits per heavy atom. The van der Waals surface area contributed by atoms with Gasteiger partial charge in [0.25, 0.3) is 0 Å². The third-order valence-electron chi connectivity index (χ3n) is 3.01. The highest BCUT2D eigenvalue weighted by atomic mass is 16.5. The largest absolute Gasteiger partial charge is 0.492 e. The second kappa shape index (κ2) is 7.19. The Bertz CT molecular complexity index is 401. The number of rotatable bonds is 7. The molecule has 3 heteroatoms. The standard InChI is InChI=1S/C15H21NO2/c1-17-12-10-16-9-3-2-5-13-6-4-7-14-8-11-18-15(13)14/h2,4-7,16H,3,8-12H2,1H3/b5-2+. The van der Waals surface area contributed by atoms with E-state index in [0.717, 1.165) is 44.9 Å². The Morgan fingerprint density at radius 1 is 1.39 bits per heavy atom. The zero-order chi connectivity index (χ0) is 12.6. The van der Waals surface area contributed by atoms with Crippen LogP contribution in [0.15, 0.2) is 24.3 Å². The molecule has 3 nitrogen and oxygen atoms in total. The predicted molar refractivity (Wildman–Crippen MR) is 74.0 cm³/mol. The number of ether oxygens (including phenoxy) is 2. The third kappa shape index (κ3) is 3.59. The summed E-state index contributed by atoms with van der Waals surface area (Å²) >= 11 is 0. The highest BCUT2D eigenvalue weighted by Gasteiger charge is 2.13. The zero-order valence-corrected chi connectivity index (χ0v) is 10.9. The molecule has 1 aromatic carbocycles. The average Bonchev–Trinajstić information content (AvgIpc) is 2.86. The van der Waals surface area contributed by atoms with Crippen LogP contribution in [0.5, 0.6) is 5.75 Å². The van der Waals surface area contributed by atoms with Crippen LogP contribution in [0.2, 0.25) is 0 Å². The van der Waals surface area contributed by atoms with Gasteiger partial charge in [0.1, 0.15) is 5.75 Å². The first-order chi connectivity index (χ1) is 8.92. The zero-order valence-electron chi connectivity index (χ0n) is 10.9. The molecule has 0 aromatic heterocycles. The van der Waals surface area contributed by atoms with Gasteiger partial charge in [-0.25, -0.2) is 0 Å². The van der Waals surface area contributed by atoms with Crippen LogP contribution in [-0.4, -0.2) is 33.4 Å². The van der Waals surface area contributed by atoms with Gasteiger partial charge in [0, 0.05) is 25.6 Å². The molecule has 1 heterocycles. The van der Waals surface area contributed by atoms with Crippen LogP contribution in [0.4, 0.5) is 0 Å². The molecule has 1 N–H and O–H groups in total. The number of benzene rings is 1. The first-order valence-corrected chi connectivity index (χ1v) is 6.52. The Kier molecular flexibility index (Phi) is 5.24. The molecule has 0 bridgehead atoms. The minimum absolute atomic E-state index is 0.768. The van der Waals surface area contributed by atoms with Crippen molar-refractivity contribution in [1.82, 2.24) is 5.32 Å². The molecule has 0 saturated carbocycles. The van der Waals surface area contributed by atoms with E-state index in [-0.39, 0.29) is 0 Å². The Morgan fingerprint density at radius 2 is 2.33 bits per heavy atom. The molecule has 1 aromatic rings. The van der Waals surface area contributed by atoms with Crippen molar-refractivity contribution in [2.45, 2.75) is 12.8 Å². The summed E-state index contributed by atoms with van der Waals surface area (Å²) in [5.41, 5.74) is 2.53. The third-order valence-corrected chi connectivity index (χ3v) is 3.01. The fourth-order valence-corrected chi connectivity index (χ4v) is 2.07. The van der Waals surface area contributed by atoms with Crippen molar-refractivity contribution in [3.63, 3.8) is 0 Å². The van der Waals surface area contributed by atoms with Gasteiger partial charge < -0.3 is 14.8 Å². The van der Waals surface area contributed by atoms with Gasteiger partial charge in [-0.2, -0.15) is 0 Å². The fourth-order valence-electron chi connectivity index (χ4n) is 2.07. The van der Waals surface area contributed by atoms with Crippen molar-refractivity contribution in [2.24, 2.45) is 0 Å². The van der Waals surface area contributed by atoms with Crippen LogP contribution in [0, 0.1) is 0 Å². The van der Waals surface area contributed by atoms with Gasteiger partial charge in [-0.1, -0.05) is 30.4 Å². The van der Waals surface area contributed by atoms with E-state index in [1.54, 1.807) is 7.11 Å². The number of hydrogen-bond acceptors (Lipinski definition) is 3. The molecule has 98 valence electrons. The number of nitrogens with one attached hydrogen (secondary N) is 1. The summed E-state index contributed by atoms with van der Waals surface area (Å²) in [6.45, 7) is 3.48. The highest BCUT2D eigenvalue weighted by Crippen LogP contribution is 2.30. The lowest BCUT2D eigenvalue weighted by atomic mass is 10.1. The molecular formula is C15H21NO2. The van der Waals surface area contributed by atoms with Crippen molar-refractivity contribution >= 4 is 6.08 Å². The highest BCUT2D eigenvalue weighted by molar-refractivity contribution is 5.60. The van der Waals surface area contributed by atoms with Crippen molar-refractivity contribution in [3.05, 3.63) is 35.4 Å². The SMILES string of the molecule is COCCNCC/C=C/c1cccc2c1OCC2. The van der Waals surface area contributed by atoms with Gasteiger partial charge in [0.15, 0.2) is 0 Å². The summed E-state index contributed by atoms with van der Waals surface area (Å²) in [4.78, 5) is 0. The van der Waals surface area contributed by atoms with Crippen molar-refractivity contribution in [1.29, 1.82) is 0 Å². The normalized spacial score (nSPS) is 13.8. The number of hydrogen-bond donors (Lipinski definition) is 1. The van der Waals surface area contributed by atoms with Crippen LogP contribution in [0.1, 0.15) is 17.5 Å². The van der Waals surface area contributed by atoms with Crippen molar-refractivity contribution < 1.29 is 9.47 Å². The molecule has 1 aliphatic heterocycles. The van der Waals surface area contributed by atoms with E-state index in [1.165, 1.54) is 11.1 Å². The van der Waals surface area contributed by atoms with Crippen molar-refractivity contribution in [3.8, 4) is 5.75 Å². The molecule has 0 spiro atoms. The van der Waals surface area contributed by atoms with Crippen molar-refractivity contribution in [2.75, 3.05) is 33.4 Å². The maximum atomic E-state index is 5.66. The quantitative estimate of drug-likeness (QED) is 0.750. The smallest absolute Gasteiger partial charge is 0.129 e. The molecule has 18 heavy (non-hydrogen) atoms. The second-order valence-electron chi connectivity index (χ2n) is 4.37. The minimum Gasteiger partial charge on any atom is -0.492 e. The van der Waals surface area contributed by atoms with Gasteiger partial charge in [0.05, 0.1) is 13.2 Å². The summed E-state index contributed by atoms with van der Waals surface area (Å²) in [7, 11) is 1.72. The molecule has 2 rings (SSSR count). The summed E-state index contributed by atoms with van der Waals surface area (Å²) in [6.07, 6.45) is 6.40.